The second-order valence-electron chi connectivity index (χ2n) is 6.74. The minimum atomic E-state index is -1.11. The summed E-state index contributed by atoms with van der Waals surface area (Å²) in [7, 11) is -1.11. The summed E-state index contributed by atoms with van der Waals surface area (Å²) in [6, 6.07) is 8.63. The molecule has 0 saturated heterocycles. The molecule has 0 aliphatic rings. The summed E-state index contributed by atoms with van der Waals surface area (Å²) in [5.41, 5.74) is 4.30. The van der Waals surface area contributed by atoms with Gasteiger partial charge in [0.05, 0.1) is 5.56 Å². The van der Waals surface area contributed by atoms with Crippen molar-refractivity contribution >= 4 is 14.0 Å². The van der Waals surface area contributed by atoms with E-state index in [0.29, 0.717) is 12.2 Å². The second kappa shape index (κ2) is 6.89. The van der Waals surface area contributed by atoms with E-state index in [2.05, 4.69) is 33.5 Å². The van der Waals surface area contributed by atoms with Gasteiger partial charge in [0.15, 0.2) is 0 Å². The first-order valence-electron chi connectivity index (χ1n) is 7.08. The topological polar surface area (TPSA) is 26.3 Å². The highest BCUT2D eigenvalue weighted by Crippen LogP contribution is 2.19. The van der Waals surface area contributed by atoms with Gasteiger partial charge in [0.1, 0.15) is 6.61 Å². The number of hydrogen-bond acceptors (Lipinski definition) is 2. The first-order valence-corrected chi connectivity index (χ1v) is 10.8. The van der Waals surface area contributed by atoms with E-state index in [1.54, 1.807) is 0 Å². The largest absolute Gasteiger partial charge is 0.458 e. The predicted molar refractivity (Wildman–Crippen MR) is 88.0 cm³/mol. The van der Waals surface area contributed by atoms with E-state index < -0.39 is 8.07 Å². The van der Waals surface area contributed by atoms with Gasteiger partial charge in [0, 0.05) is 8.07 Å². The fraction of sp³-hybridized carbons (Fsp3) is 0.471. The van der Waals surface area contributed by atoms with Crippen molar-refractivity contribution in [1.29, 1.82) is 0 Å². The van der Waals surface area contributed by atoms with Crippen molar-refractivity contribution in [2.45, 2.75) is 46.5 Å². The zero-order valence-corrected chi connectivity index (χ0v) is 14.5. The molecule has 20 heavy (non-hydrogen) atoms. The highest BCUT2D eigenvalue weighted by molar-refractivity contribution is 6.76. The molecule has 0 saturated carbocycles. The summed E-state index contributed by atoms with van der Waals surface area (Å²) in [4.78, 5) is 11.9. The van der Waals surface area contributed by atoms with Crippen molar-refractivity contribution in [1.82, 2.24) is 0 Å². The van der Waals surface area contributed by atoms with Gasteiger partial charge in [-0.3, -0.25) is 0 Å². The monoisotopic (exact) mass is 290 g/mol. The number of carbonyl (C=O) groups is 1. The van der Waals surface area contributed by atoms with Crippen molar-refractivity contribution < 1.29 is 9.53 Å². The number of hydrogen-bond donors (Lipinski definition) is 0. The molecule has 1 aromatic rings. The fourth-order valence-electron chi connectivity index (χ4n) is 2.02. The van der Waals surface area contributed by atoms with Gasteiger partial charge >= 0.3 is 5.97 Å². The van der Waals surface area contributed by atoms with E-state index in [1.165, 1.54) is 11.1 Å². The number of ether oxygens (including phenoxy) is 1. The van der Waals surface area contributed by atoms with Crippen LogP contribution in [0.3, 0.4) is 0 Å². The van der Waals surface area contributed by atoms with Gasteiger partial charge in [-0.1, -0.05) is 42.9 Å². The van der Waals surface area contributed by atoms with Crippen LogP contribution in [-0.2, 0) is 4.74 Å². The molecule has 1 aromatic carbocycles. The van der Waals surface area contributed by atoms with Gasteiger partial charge in [0.25, 0.3) is 0 Å². The number of allylic oxidation sites excluding steroid dienone is 1. The third kappa shape index (κ3) is 5.74. The molecule has 0 radical (unpaired) electrons. The maximum Gasteiger partial charge on any atom is 0.338 e. The Morgan fingerprint density at radius 3 is 2.10 bits per heavy atom. The zero-order chi connectivity index (χ0) is 15.3. The Kier molecular flexibility index (Phi) is 5.75. The average Bonchev–Trinajstić information content (AvgIpc) is 2.34. The van der Waals surface area contributed by atoms with Gasteiger partial charge in [-0.05, 0) is 44.5 Å². The number of esters is 1. The van der Waals surface area contributed by atoms with Crippen molar-refractivity contribution in [3.05, 3.63) is 46.5 Å². The van der Waals surface area contributed by atoms with Crippen LogP contribution in [0.15, 0.2) is 35.4 Å². The first-order chi connectivity index (χ1) is 9.19. The van der Waals surface area contributed by atoms with E-state index in [0.717, 1.165) is 11.6 Å². The maximum absolute atomic E-state index is 11.9. The number of carbonyl (C=O) groups excluding carboxylic acids is 1. The van der Waals surface area contributed by atoms with E-state index >= 15 is 0 Å². The molecule has 110 valence electrons. The fourth-order valence-corrected chi connectivity index (χ4v) is 3.91. The molecule has 2 nitrogen and oxygen atoms in total. The van der Waals surface area contributed by atoms with Gasteiger partial charge in [-0.15, -0.1) is 0 Å². The summed E-state index contributed by atoms with van der Waals surface area (Å²) in [6.07, 6.45) is 0. The molecule has 0 bridgehead atoms. The van der Waals surface area contributed by atoms with Crippen molar-refractivity contribution in [3.63, 3.8) is 0 Å². The summed E-state index contributed by atoms with van der Waals surface area (Å²) in [6.45, 7) is 13.6. The zero-order valence-electron chi connectivity index (χ0n) is 13.5. The van der Waals surface area contributed by atoms with E-state index in [9.17, 15) is 4.79 Å². The second-order valence-corrected chi connectivity index (χ2v) is 12.2. The number of benzene rings is 1. The molecule has 0 aromatic heterocycles. The Morgan fingerprint density at radius 1 is 1.05 bits per heavy atom. The normalized spacial score (nSPS) is 12.9. The van der Waals surface area contributed by atoms with Gasteiger partial charge in [-0.2, -0.15) is 0 Å². The van der Waals surface area contributed by atoms with E-state index in [-0.39, 0.29) is 5.97 Å². The van der Waals surface area contributed by atoms with Gasteiger partial charge in [-0.25, -0.2) is 4.79 Å². The highest BCUT2D eigenvalue weighted by atomic mass is 28.3. The lowest BCUT2D eigenvalue weighted by molar-refractivity contribution is 0.0539. The molecule has 0 unspecified atom stereocenters. The van der Waals surface area contributed by atoms with Crippen LogP contribution in [0.4, 0.5) is 0 Å². The van der Waals surface area contributed by atoms with Crippen LogP contribution in [-0.4, -0.2) is 20.7 Å². The van der Waals surface area contributed by atoms with Crippen LogP contribution in [0.1, 0.15) is 29.8 Å². The standard InChI is InChI=1S/C17H26O2Si/c1-13-7-9-16(10-8-13)17(18)19-11-14(2)15(3)12-20(4,5)6/h7-10H,11-12H2,1-6H3/b15-14-. The van der Waals surface area contributed by atoms with Crippen molar-refractivity contribution in [2.75, 3.05) is 6.61 Å². The van der Waals surface area contributed by atoms with E-state index in [4.69, 9.17) is 4.74 Å². The maximum atomic E-state index is 11.9. The van der Waals surface area contributed by atoms with Crippen LogP contribution in [0.25, 0.3) is 0 Å². The summed E-state index contributed by atoms with van der Waals surface area (Å²) in [5, 5.41) is 0. The van der Waals surface area contributed by atoms with E-state index in [1.807, 2.05) is 31.2 Å². The van der Waals surface area contributed by atoms with Crippen molar-refractivity contribution in [3.8, 4) is 0 Å². The molecule has 0 aliphatic heterocycles. The quantitative estimate of drug-likeness (QED) is 0.441. The third-order valence-corrected chi connectivity index (χ3v) is 4.82. The molecule has 0 heterocycles. The molecule has 0 amide bonds. The highest BCUT2D eigenvalue weighted by Gasteiger charge is 2.15. The van der Waals surface area contributed by atoms with Crippen LogP contribution < -0.4 is 0 Å². The molecule has 0 N–H and O–H groups in total. The summed E-state index contributed by atoms with van der Waals surface area (Å²) in [5.74, 6) is -0.245. The van der Waals surface area contributed by atoms with Crippen LogP contribution >= 0.6 is 0 Å². The van der Waals surface area contributed by atoms with Crippen molar-refractivity contribution in [2.24, 2.45) is 0 Å². The molecule has 1 rings (SSSR count). The predicted octanol–water partition coefficient (Wildman–Crippen LogP) is 4.83. The SMILES string of the molecule is C/C(COC(=O)c1ccc(C)cc1)=C(\C)C[Si](C)(C)C. The number of aryl methyl sites for hydroxylation is 1. The Labute approximate surface area is 123 Å². The molecular formula is C17H26O2Si. The van der Waals surface area contributed by atoms with Crippen LogP contribution in [0, 0.1) is 6.92 Å². The summed E-state index contributed by atoms with van der Waals surface area (Å²) < 4.78 is 5.38. The lowest BCUT2D eigenvalue weighted by Crippen LogP contribution is -2.20. The van der Waals surface area contributed by atoms with Gasteiger partial charge < -0.3 is 4.74 Å². The van der Waals surface area contributed by atoms with Gasteiger partial charge in [0.2, 0.25) is 0 Å². The molecule has 0 atom stereocenters. The molecule has 0 spiro atoms. The van der Waals surface area contributed by atoms with Crippen LogP contribution in [0.2, 0.25) is 25.7 Å². The third-order valence-electron chi connectivity index (χ3n) is 3.23. The average molecular weight is 290 g/mol. The minimum Gasteiger partial charge on any atom is -0.458 e. The summed E-state index contributed by atoms with van der Waals surface area (Å²) >= 11 is 0. The Hall–Kier alpha value is -1.35. The Balaban J connectivity index is 2.60. The number of rotatable bonds is 5. The minimum absolute atomic E-state index is 0.245. The lowest BCUT2D eigenvalue weighted by Gasteiger charge is -2.18. The smallest absolute Gasteiger partial charge is 0.338 e. The molecule has 0 fully saturated rings. The van der Waals surface area contributed by atoms with Crippen LogP contribution in [0.5, 0.6) is 0 Å². The molecule has 0 aliphatic carbocycles. The lowest BCUT2D eigenvalue weighted by atomic mass is 10.1. The Bertz CT molecular complexity index is 493. The molecular weight excluding hydrogens is 264 g/mol. The first kappa shape index (κ1) is 16.7. The molecule has 3 heteroatoms. The Morgan fingerprint density at radius 2 is 1.60 bits per heavy atom.